The lowest BCUT2D eigenvalue weighted by Gasteiger charge is -2.11. The number of rotatable bonds is 6. The van der Waals surface area contributed by atoms with Crippen LogP contribution in [0.2, 0.25) is 0 Å². The van der Waals surface area contributed by atoms with Gasteiger partial charge in [-0.25, -0.2) is 26.7 Å². The van der Waals surface area contributed by atoms with Gasteiger partial charge >= 0.3 is 0 Å². The lowest BCUT2D eigenvalue weighted by molar-refractivity contribution is 0.583. The minimum Gasteiger partial charge on any atom is -0.332 e. The molecule has 0 fully saturated rings. The number of nitrogens with two attached hydrogens (primary N) is 1. The molecule has 0 spiro atoms. The summed E-state index contributed by atoms with van der Waals surface area (Å²) < 4.78 is 48.6. The molecule has 0 radical (unpaired) electrons. The van der Waals surface area contributed by atoms with Crippen molar-refractivity contribution in [3.05, 3.63) is 48.5 Å². The second-order valence-electron chi connectivity index (χ2n) is 5.17. The van der Waals surface area contributed by atoms with E-state index in [9.17, 15) is 16.8 Å². The summed E-state index contributed by atoms with van der Waals surface area (Å²) in [5.41, 5.74) is 1.17. The summed E-state index contributed by atoms with van der Waals surface area (Å²) in [6.07, 6.45) is 0. The molecule has 2 aromatic rings. The Morgan fingerprint density at radius 2 is 1.31 bits per heavy atom. The normalized spacial score (nSPS) is 11.8. The van der Waals surface area contributed by atoms with Crippen LogP contribution in [-0.4, -0.2) is 28.5 Å². The summed E-state index contributed by atoms with van der Waals surface area (Å²) in [7, 11) is -7.25. The highest BCUT2D eigenvalue weighted by Crippen LogP contribution is 2.16. The van der Waals surface area contributed by atoms with Crippen molar-refractivity contribution in [1.82, 2.24) is 4.72 Å². The van der Waals surface area contributed by atoms with E-state index in [1.807, 2.05) is 0 Å². The Kier molecular flexibility index (Phi) is 6.31. The van der Waals surface area contributed by atoms with Crippen LogP contribution < -0.4 is 20.5 Å². The molecule has 5 N–H and O–H groups in total. The van der Waals surface area contributed by atoms with E-state index in [-0.39, 0.29) is 14.9 Å². The van der Waals surface area contributed by atoms with Crippen LogP contribution in [0, 0.1) is 0 Å². The Labute approximate surface area is 157 Å². The van der Waals surface area contributed by atoms with E-state index in [0.717, 1.165) is 0 Å². The first-order valence-corrected chi connectivity index (χ1v) is 10.9. The molecule has 0 saturated carbocycles. The third kappa shape index (κ3) is 5.47. The monoisotopic (exact) mass is 414 g/mol. The topological polar surface area (TPSA) is 130 Å². The van der Waals surface area contributed by atoms with Crippen LogP contribution in [0.1, 0.15) is 6.92 Å². The Morgan fingerprint density at radius 1 is 0.885 bits per heavy atom. The van der Waals surface area contributed by atoms with Crippen LogP contribution in [0.25, 0.3) is 0 Å². The first kappa shape index (κ1) is 20.3. The van der Waals surface area contributed by atoms with E-state index in [0.29, 0.717) is 17.9 Å². The molecule has 0 heterocycles. The van der Waals surface area contributed by atoms with Crippen LogP contribution in [0.3, 0.4) is 0 Å². The molecular weight excluding hydrogens is 396 g/mol. The average Bonchev–Trinajstić information content (AvgIpc) is 2.55. The zero-order valence-corrected chi connectivity index (χ0v) is 16.2. The third-order valence-electron chi connectivity index (χ3n) is 3.20. The van der Waals surface area contributed by atoms with Crippen molar-refractivity contribution < 1.29 is 16.8 Å². The smallest absolute Gasteiger partial charge is 0.240 e. The van der Waals surface area contributed by atoms with Crippen LogP contribution in [0.4, 0.5) is 11.4 Å². The standard InChI is InChI=1S/C15H18N4O4S3/c1-2-17-26(22,23)14-9-5-12(6-10-14)19-15(24)18-11-3-7-13(8-4-11)25(16,20)21/h3-10,17H,2H2,1H3,(H2,16,20,21)(H2,18,19,24). The number of benzene rings is 2. The highest BCUT2D eigenvalue weighted by Gasteiger charge is 2.12. The third-order valence-corrected chi connectivity index (χ3v) is 5.89. The van der Waals surface area contributed by atoms with Crippen molar-refractivity contribution in [3.8, 4) is 0 Å². The number of thiocarbonyl (C=S) groups is 1. The molecule has 11 heteroatoms. The maximum Gasteiger partial charge on any atom is 0.240 e. The Bertz CT molecular complexity index is 986. The van der Waals surface area contributed by atoms with Gasteiger partial charge in [0.05, 0.1) is 9.79 Å². The molecule has 0 saturated heterocycles. The van der Waals surface area contributed by atoms with Crippen molar-refractivity contribution in [2.24, 2.45) is 5.14 Å². The van der Waals surface area contributed by atoms with Gasteiger partial charge in [0.15, 0.2) is 5.11 Å². The molecule has 26 heavy (non-hydrogen) atoms. The predicted molar refractivity (Wildman–Crippen MR) is 105 cm³/mol. The van der Waals surface area contributed by atoms with Gasteiger partial charge < -0.3 is 10.6 Å². The predicted octanol–water partition coefficient (Wildman–Crippen LogP) is 1.44. The van der Waals surface area contributed by atoms with Crippen LogP contribution >= 0.6 is 12.2 Å². The van der Waals surface area contributed by atoms with Crippen molar-refractivity contribution in [3.63, 3.8) is 0 Å². The first-order chi connectivity index (χ1) is 12.1. The highest BCUT2D eigenvalue weighted by atomic mass is 32.2. The van der Waals surface area contributed by atoms with Gasteiger partial charge in [-0.05, 0) is 60.7 Å². The number of sulfonamides is 2. The zero-order valence-electron chi connectivity index (χ0n) is 13.8. The fourth-order valence-electron chi connectivity index (χ4n) is 2.01. The Morgan fingerprint density at radius 3 is 1.69 bits per heavy atom. The van der Waals surface area contributed by atoms with Gasteiger partial charge in [-0.15, -0.1) is 0 Å². The van der Waals surface area contributed by atoms with E-state index in [4.69, 9.17) is 17.4 Å². The summed E-state index contributed by atoms with van der Waals surface area (Å²) >= 11 is 5.18. The van der Waals surface area contributed by atoms with E-state index in [1.54, 1.807) is 19.1 Å². The first-order valence-electron chi connectivity index (χ1n) is 7.42. The van der Waals surface area contributed by atoms with Gasteiger partial charge in [-0.2, -0.15) is 0 Å². The van der Waals surface area contributed by atoms with Crippen molar-refractivity contribution in [2.45, 2.75) is 16.7 Å². The fraction of sp³-hybridized carbons (Fsp3) is 0.133. The van der Waals surface area contributed by atoms with Crippen LogP contribution in [0.15, 0.2) is 58.3 Å². The van der Waals surface area contributed by atoms with Gasteiger partial charge in [0.2, 0.25) is 20.0 Å². The van der Waals surface area contributed by atoms with Gasteiger partial charge in [0.25, 0.3) is 0 Å². The lowest BCUT2D eigenvalue weighted by atomic mass is 10.3. The molecule has 8 nitrogen and oxygen atoms in total. The molecule has 0 aliphatic carbocycles. The summed E-state index contributed by atoms with van der Waals surface area (Å²) in [6, 6.07) is 11.9. The van der Waals surface area contributed by atoms with E-state index >= 15 is 0 Å². The van der Waals surface area contributed by atoms with Crippen molar-refractivity contribution >= 4 is 48.8 Å². The van der Waals surface area contributed by atoms with E-state index in [2.05, 4.69) is 15.4 Å². The SMILES string of the molecule is CCNS(=O)(=O)c1ccc(NC(=S)Nc2ccc(S(N)(=O)=O)cc2)cc1. The number of anilines is 2. The maximum atomic E-state index is 11.9. The van der Waals surface area contributed by atoms with Gasteiger partial charge in [0, 0.05) is 17.9 Å². The summed E-state index contributed by atoms with van der Waals surface area (Å²) in [5.74, 6) is 0. The summed E-state index contributed by atoms with van der Waals surface area (Å²) in [4.78, 5) is 0.154. The van der Waals surface area contributed by atoms with Gasteiger partial charge in [-0.1, -0.05) is 6.92 Å². The molecule has 140 valence electrons. The maximum absolute atomic E-state index is 11.9. The summed E-state index contributed by atoms with van der Waals surface area (Å²) in [6.45, 7) is 2.01. The molecule has 0 atom stereocenters. The largest absolute Gasteiger partial charge is 0.332 e. The number of hydrogen-bond donors (Lipinski definition) is 4. The van der Waals surface area contributed by atoms with Gasteiger partial charge in [0.1, 0.15) is 0 Å². The molecule has 0 aliphatic rings. The minimum atomic E-state index is -3.75. The molecule has 0 aliphatic heterocycles. The molecule has 0 bridgehead atoms. The van der Waals surface area contributed by atoms with E-state index < -0.39 is 20.0 Å². The Hall–Kier alpha value is -2.05. The Balaban J connectivity index is 2.02. The second-order valence-corrected chi connectivity index (χ2v) is 8.91. The molecular formula is C15H18N4O4S3. The van der Waals surface area contributed by atoms with Crippen molar-refractivity contribution in [2.75, 3.05) is 17.2 Å². The molecule has 2 aromatic carbocycles. The van der Waals surface area contributed by atoms with Crippen LogP contribution in [0.5, 0.6) is 0 Å². The lowest BCUT2D eigenvalue weighted by Crippen LogP contribution is -2.23. The number of primary sulfonamides is 1. The number of hydrogen-bond acceptors (Lipinski definition) is 5. The highest BCUT2D eigenvalue weighted by molar-refractivity contribution is 7.89. The quantitative estimate of drug-likeness (QED) is 0.526. The average molecular weight is 415 g/mol. The van der Waals surface area contributed by atoms with E-state index in [1.165, 1.54) is 36.4 Å². The molecule has 2 rings (SSSR count). The van der Waals surface area contributed by atoms with Crippen LogP contribution in [-0.2, 0) is 20.0 Å². The molecule has 0 unspecified atom stereocenters. The molecule has 0 aromatic heterocycles. The second kappa shape index (κ2) is 8.10. The fourth-order valence-corrected chi connectivity index (χ4v) is 3.80. The zero-order chi connectivity index (χ0) is 19.4. The van der Waals surface area contributed by atoms with Crippen molar-refractivity contribution in [1.29, 1.82) is 0 Å². The molecule has 0 amide bonds. The minimum absolute atomic E-state index is 0.000542. The number of nitrogens with one attached hydrogen (secondary N) is 3. The van der Waals surface area contributed by atoms with Gasteiger partial charge in [-0.3, -0.25) is 0 Å². The summed E-state index contributed by atoms with van der Waals surface area (Å²) in [5, 5.41) is 11.1.